The molecule has 3 heterocycles. The summed E-state index contributed by atoms with van der Waals surface area (Å²) in [5, 5.41) is 0. The van der Waals surface area contributed by atoms with Gasteiger partial charge in [-0.1, -0.05) is 0 Å². The third-order valence-corrected chi connectivity index (χ3v) is 3.81. The quantitative estimate of drug-likeness (QED) is 0.685. The predicted molar refractivity (Wildman–Crippen MR) is 66.1 cm³/mol. The molecule has 0 saturated carbocycles. The van der Waals surface area contributed by atoms with Gasteiger partial charge in [0, 0.05) is 37.8 Å². The third-order valence-electron chi connectivity index (χ3n) is 3.81. The van der Waals surface area contributed by atoms with Gasteiger partial charge in [0.05, 0.1) is 11.4 Å². The van der Waals surface area contributed by atoms with Crippen LogP contribution in [0.15, 0.2) is 12.1 Å². The van der Waals surface area contributed by atoms with Crippen molar-refractivity contribution in [3.63, 3.8) is 0 Å². The van der Waals surface area contributed by atoms with Gasteiger partial charge in [-0.25, -0.2) is 4.39 Å². The molecule has 2 unspecified atom stereocenters. The highest BCUT2D eigenvalue weighted by atomic mass is 19.1. The number of fused-ring (bicyclic) bond motifs is 3. The molecule has 0 radical (unpaired) electrons. The molecule has 17 heavy (non-hydrogen) atoms. The molecular weight excluding hydrogens is 217 g/mol. The number of pyridine rings is 1. The summed E-state index contributed by atoms with van der Waals surface area (Å²) in [6.45, 7) is 4.89. The van der Waals surface area contributed by atoms with Gasteiger partial charge in [-0.2, -0.15) is 0 Å². The van der Waals surface area contributed by atoms with E-state index in [1.54, 1.807) is 0 Å². The highest BCUT2D eigenvalue weighted by Crippen LogP contribution is 2.39. The van der Waals surface area contributed by atoms with E-state index in [-0.39, 0.29) is 0 Å². The van der Waals surface area contributed by atoms with Crippen molar-refractivity contribution in [2.75, 3.05) is 31.6 Å². The van der Waals surface area contributed by atoms with E-state index in [4.69, 9.17) is 0 Å². The monoisotopic (exact) mass is 235 g/mol. The van der Waals surface area contributed by atoms with Crippen LogP contribution in [0.3, 0.4) is 0 Å². The summed E-state index contributed by atoms with van der Waals surface area (Å²) >= 11 is 0. The zero-order valence-corrected chi connectivity index (χ0v) is 10.4. The average Bonchev–Trinajstić information content (AvgIpc) is 2.29. The van der Waals surface area contributed by atoms with Crippen LogP contribution < -0.4 is 4.90 Å². The number of hydrogen-bond acceptors (Lipinski definition) is 3. The summed E-state index contributed by atoms with van der Waals surface area (Å²) in [5.74, 6) is 0. The van der Waals surface area contributed by atoms with E-state index in [2.05, 4.69) is 21.8 Å². The predicted octanol–water partition coefficient (Wildman–Crippen LogP) is 1.92. The van der Waals surface area contributed by atoms with E-state index in [1.807, 2.05) is 19.1 Å². The normalized spacial score (nSPS) is 28.8. The van der Waals surface area contributed by atoms with E-state index >= 15 is 0 Å². The minimum Gasteiger partial charge on any atom is -0.364 e. The lowest BCUT2D eigenvalue weighted by Gasteiger charge is -2.45. The van der Waals surface area contributed by atoms with Crippen LogP contribution in [-0.4, -0.2) is 42.6 Å². The lowest BCUT2D eigenvalue weighted by Crippen LogP contribution is -2.54. The second-order valence-corrected chi connectivity index (χ2v) is 5.17. The van der Waals surface area contributed by atoms with Crippen LogP contribution in [0.1, 0.15) is 24.0 Å². The Labute approximate surface area is 101 Å². The average molecular weight is 235 g/mol. The summed E-state index contributed by atoms with van der Waals surface area (Å²) in [6, 6.07) is 4.31. The molecule has 0 N–H and O–H groups in total. The second kappa shape index (κ2) is 3.95. The van der Waals surface area contributed by atoms with Crippen molar-refractivity contribution in [2.45, 2.75) is 25.6 Å². The van der Waals surface area contributed by atoms with E-state index in [0.717, 1.165) is 31.0 Å². The number of piperazine rings is 1. The Kier molecular flexibility index (Phi) is 2.54. The van der Waals surface area contributed by atoms with Gasteiger partial charge >= 0.3 is 0 Å². The van der Waals surface area contributed by atoms with Crippen molar-refractivity contribution in [3.05, 3.63) is 23.5 Å². The van der Waals surface area contributed by atoms with Crippen molar-refractivity contribution >= 4 is 5.69 Å². The molecule has 0 aromatic carbocycles. The molecule has 1 aromatic rings. The van der Waals surface area contributed by atoms with Gasteiger partial charge in [0.1, 0.15) is 6.17 Å². The highest BCUT2D eigenvalue weighted by Gasteiger charge is 2.36. The number of aromatic nitrogens is 1. The van der Waals surface area contributed by atoms with Crippen molar-refractivity contribution in [2.24, 2.45) is 0 Å². The number of hydrogen-bond donors (Lipinski definition) is 0. The van der Waals surface area contributed by atoms with Gasteiger partial charge in [-0.15, -0.1) is 0 Å². The second-order valence-electron chi connectivity index (χ2n) is 5.17. The summed E-state index contributed by atoms with van der Waals surface area (Å²) in [7, 11) is 2.10. The number of anilines is 1. The maximum Gasteiger partial charge on any atom is 0.146 e. The lowest BCUT2D eigenvalue weighted by molar-refractivity contribution is 0.205. The molecule has 0 spiro atoms. The number of likely N-dealkylation sites (N-methyl/N-ethyl adjacent to an activating group) is 1. The molecule has 2 aliphatic heterocycles. The van der Waals surface area contributed by atoms with Crippen molar-refractivity contribution < 1.29 is 4.39 Å². The molecule has 1 fully saturated rings. The smallest absolute Gasteiger partial charge is 0.146 e. The summed E-state index contributed by atoms with van der Waals surface area (Å²) in [5.41, 5.74) is 2.55. The fourth-order valence-corrected chi connectivity index (χ4v) is 2.92. The highest BCUT2D eigenvalue weighted by molar-refractivity contribution is 5.55. The maximum absolute atomic E-state index is 14.1. The number of rotatable bonds is 0. The zero-order chi connectivity index (χ0) is 12.0. The Bertz CT molecular complexity index is 435. The van der Waals surface area contributed by atoms with Gasteiger partial charge < -0.3 is 9.80 Å². The van der Waals surface area contributed by atoms with Crippen molar-refractivity contribution in [1.82, 2.24) is 9.88 Å². The van der Waals surface area contributed by atoms with Crippen LogP contribution in [0, 0.1) is 6.92 Å². The number of aryl methyl sites for hydroxylation is 1. The molecule has 3 rings (SSSR count). The number of alkyl halides is 1. The van der Waals surface area contributed by atoms with Crippen LogP contribution in [0.5, 0.6) is 0 Å². The molecule has 92 valence electrons. The molecule has 2 aliphatic rings. The van der Waals surface area contributed by atoms with E-state index in [1.165, 1.54) is 0 Å². The SMILES string of the molecule is Cc1ccc2c(n1)C(F)CC1CN(C)CCN21. The van der Waals surface area contributed by atoms with E-state index < -0.39 is 6.17 Å². The van der Waals surface area contributed by atoms with Crippen LogP contribution >= 0.6 is 0 Å². The Morgan fingerprint density at radius 3 is 3.00 bits per heavy atom. The first-order chi connectivity index (χ1) is 8.15. The van der Waals surface area contributed by atoms with E-state index in [0.29, 0.717) is 18.2 Å². The summed E-state index contributed by atoms with van der Waals surface area (Å²) < 4.78 is 14.1. The molecule has 1 aromatic heterocycles. The van der Waals surface area contributed by atoms with Gasteiger partial charge in [0.25, 0.3) is 0 Å². The molecule has 4 heteroatoms. The molecule has 0 aliphatic carbocycles. The minimum atomic E-state index is -0.905. The Morgan fingerprint density at radius 2 is 2.18 bits per heavy atom. The fraction of sp³-hybridized carbons (Fsp3) is 0.615. The lowest BCUT2D eigenvalue weighted by atomic mass is 9.95. The van der Waals surface area contributed by atoms with Gasteiger partial charge in [0.2, 0.25) is 0 Å². The summed E-state index contributed by atoms with van der Waals surface area (Å²) in [6.07, 6.45) is -0.328. The Balaban J connectivity index is 2.00. The van der Waals surface area contributed by atoms with Crippen LogP contribution in [0.4, 0.5) is 10.1 Å². The first-order valence-corrected chi connectivity index (χ1v) is 6.22. The third kappa shape index (κ3) is 1.80. The Morgan fingerprint density at radius 1 is 1.35 bits per heavy atom. The largest absolute Gasteiger partial charge is 0.364 e. The van der Waals surface area contributed by atoms with Crippen LogP contribution in [0.25, 0.3) is 0 Å². The topological polar surface area (TPSA) is 19.4 Å². The molecule has 0 bridgehead atoms. The number of halogens is 1. The minimum absolute atomic E-state index is 0.306. The fourth-order valence-electron chi connectivity index (χ4n) is 2.92. The van der Waals surface area contributed by atoms with Gasteiger partial charge in [-0.05, 0) is 26.1 Å². The first kappa shape index (κ1) is 11.0. The molecule has 0 amide bonds. The zero-order valence-electron chi connectivity index (χ0n) is 10.4. The molecular formula is C13H18FN3. The van der Waals surface area contributed by atoms with Gasteiger partial charge in [-0.3, -0.25) is 4.98 Å². The van der Waals surface area contributed by atoms with Gasteiger partial charge in [0.15, 0.2) is 0 Å². The van der Waals surface area contributed by atoms with Crippen LogP contribution in [0.2, 0.25) is 0 Å². The number of nitrogens with zero attached hydrogens (tertiary/aromatic N) is 3. The molecule has 3 nitrogen and oxygen atoms in total. The van der Waals surface area contributed by atoms with E-state index in [9.17, 15) is 4.39 Å². The molecule has 1 saturated heterocycles. The molecule has 2 atom stereocenters. The maximum atomic E-state index is 14.1. The summed E-state index contributed by atoms with van der Waals surface area (Å²) in [4.78, 5) is 8.98. The Hall–Kier alpha value is -1.16. The first-order valence-electron chi connectivity index (χ1n) is 6.22. The van der Waals surface area contributed by atoms with Crippen LogP contribution in [-0.2, 0) is 0 Å². The standard InChI is InChI=1S/C13H18FN3/c1-9-3-4-12-13(15-9)11(14)7-10-8-16(2)5-6-17(10)12/h3-4,10-11H,5-8H2,1-2H3. The van der Waals surface area contributed by atoms with Crippen molar-refractivity contribution in [1.29, 1.82) is 0 Å². The van der Waals surface area contributed by atoms with Crippen molar-refractivity contribution in [3.8, 4) is 0 Å².